The van der Waals surface area contributed by atoms with Crippen LogP contribution in [0.1, 0.15) is 27.7 Å². The number of benzene rings is 3. The van der Waals surface area contributed by atoms with Crippen LogP contribution in [-0.2, 0) is 0 Å². The van der Waals surface area contributed by atoms with Crippen LogP contribution in [0.5, 0.6) is 5.75 Å². The zero-order chi connectivity index (χ0) is 21.8. The van der Waals surface area contributed by atoms with Crippen LogP contribution in [0.15, 0.2) is 84.9 Å². The summed E-state index contributed by atoms with van der Waals surface area (Å²) in [7, 11) is 4.02. The van der Waals surface area contributed by atoms with Gasteiger partial charge in [-0.05, 0) is 49.5 Å². The molecule has 1 heterocycles. The first kappa shape index (κ1) is 20.7. The first-order valence-electron chi connectivity index (χ1n) is 10.3. The fourth-order valence-corrected chi connectivity index (χ4v) is 3.84. The van der Waals surface area contributed by atoms with Crippen LogP contribution >= 0.6 is 0 Å². The maximum Gasteiger partial charge on any atom is 0.352 e. The maximum absolute atomic E-state index is 12.1. The predicted molar refractivity (Wildman–Crippen MR) is 123 cm³/mol. The van der Waals surface area contributed by atoms with Crippen LogP contribution in [0.25, 0.3) is 10.9 Å². The van der Waals surface area contributed by atoms with Crippen LogP contribution in [0.4, 0.5) is 0 Å². The number of ether oxygens (including phenoxy) is 1. The van der Waals surface area contributed by atoms with E-state index in [2.05, 4.69) is 4.90 Å². The lowest BCUT2D eigenvalue weighted by molar-refractivity contribution is 0.0685. The fourth-order valence-electron chi connectivity index (χ4n) is 3.84. The molecule has 0 amide bonds. The molecule has 4 aromatic rings. The highest BCUT2D eigenvalue weighted by molar-refractivity contribution is 5.95. The molecule has 0 aliphatic rings. The Kier molecular flexibility index (Phi) is 6.05. The van der Waals surface area contributed by atoms with Gasteiger partial charge in [0.05, 0.1) is 6.04 Å². The number of carbonyl (C=O) groups is 1. The van der Waals surface area contributed by atoms with Crippen molar-refractivity contribution in [2.45, 2.75) is 6.04 Å². The Labute approximate surface area is 182 Å². The van der Waals surface area contributed by atoms with Crippen LogP contribution < -0.4 is 4.74 Å². The molecule has 1 N–H and O–H groups in total. The molecule has 5 heteroatoms. The first-order valence-corrected chi connectivity index (χ1v) is 10.3. The van der Waals surface area contributed by atoms with Gasteiger partial charge in [0.1, 0.15) is 18.1 Å². The van der Waals surface area contributed by atoms with Crippen molar-refractivity contribution in [3.8, 4) is 5.75 Å². The summed E-state index contributed by atoms with van der Waals surface area (Å²) in [4.78, 5) is 14.2. The molecular weight excluding hydrogens is 388 g/mol. The first-order chi connectivity index (χ1) is 15.0. The van der Waals surface area contributed by atoms with Crippen LogP contribution in [0.3, 0.4) is 0 Å². The molecule has 0 aliphatic carbocycles. The van der Waals surface area contributed by atoms with Gasteiger partial charge >= 0.3 is 5.97 Å². The quantitative estimate of drug-likeness (QED) is 0.445. The summed E-state index contributed by atoms with van der Waals surface area (Å²) in [6.45, 7) is 1.45. The maximum atomic E-state index is 12.1. The van der Waals surface area contributed by atoms with E-state index in [1.807, 2.05) is 97.5 Å². The van der Waals surface area contributed by atoms with Crippen molar-refractivity contribution >= 4 is 16.9 Å². The number of aromatic nitrogens is 1. The summed E-state index contributed by atoms with van der Waals surface area (Å²) in [5.74, 6) is -0.144. The second-order valence-corrected chi connectivity index (χ2v) is 7.80. The van der Waals surface area contributed by atoms with Crippen molar-refractivity contribution in [3.63, 3.8) is 0 Å². The standard InChI is InChI=1S/C26H26N2O3/c1-27(2)16-17-31-22-14-12-20(13-15-22)25(19-8-4-3-5-9-19)28-23-11-7-6-10-21(23)18-24(28)26(29)30/h3-15,18,25H,16-17H2,1-2H3,(H,29,30). The van der Waals surface area contributed by atoms with Crippen molar-refractivity contribution in [2.75, 3.05) is 27.2 Å². The molecule has 0 saturated carbocycles. The lowest BCUT2D eigenvalue weighted by Crippen LogP contribution is -2.19. The fraction of sp³-hybridized carbons (Fsp3) is 0.192. The number of likely N-dealkylation sites (N-methyl/N-ethyl adjacent to an activating group) is 1. The largest absolute Gasteiger partial charge is 0.492 e. The van der Waals surface area contributed by atoms with Gasteiger partial charge in [0.15, 0.2) is 0 Å². The molecule has 0 radical (unpaired) electrons. The SMILES string of the molecule is CN(C)CCOc1ccc(C(c2ccccc2)n2c(C(=O)O)cc3ccccc32)cc1. The number of nitrogens with zero attached hydrogens (tertiary/aromatic N) is 2. The Morgan fingerprint density at radius 2 is 1.58 bits per heavy atom. The second-order valence-electron chi connectivity index (χ2n) is 7.80. The van der Waals surface area contributed by atoms with E-state index in [0.29, 0.717) is 6.61 Å². The third-order valence-electron chi connectivity index (χ3n) is 5.34. The lowest BCUT2D eigenvalue weighted by atomic mass is 9.97. The molecule has 31 heavy (non-hydrogen) atoms. The number of carboxylic acids is 1. The summed E-state index contributed by atoms with van der Waals surface area (Å²) in [6.07, 6.45) is 0. The van der Waals surface area contributed by atoms with E-state index in [4.69, 9.17) is 4.74 Å². The van der Waals surface area contributed by atoms with Crippen molar-refractivity contribution in [1.82, 2.24) is 9.47 Å². The van der Waals surface area contributed by atoms with E-state index in [9.17, 15) is 9.90 Å². The zero-order valence-electron chi connectivity index (χ0n) is 17.7. The summed E-state index contributed by atoms with van der Waals surface area (Å²) < 4.78 is 7.75. The summed E-state index contributed by atoms with van der Waals surface area (Å²) in [5, 5.41) is 10.9. The molecule has 3 aromatic carbocycles. The number of fused-ring (bicyclic) bond motifs is 1. The number of hydrogen-bond acceptors (Lipinski definition) is 3. The Morgan fingerprint density at radius 3 is 2.26 bits per heavy atom. The van der Waals surface area contributed by atoms with E-state index >= 15 is 0 Å². The molecule has 0 bridgehead atoms. The number of carboxylic acid groups (broad SMARTS) is 1. The van der Waals surface area contributed by atoms with Crippen LogP contribution in [0, 0.1) is 0 Å². The second kappa shape index (κ2) is 9.06. The Balaban J connectivity index is 1.80. The van der Waals surface area contributed by atoms with Crippen molar-refractivity contribution < 1.29 is 14.6 Å². The van der Waals surface area contributed by atoms with E-state index < -0.39 is 5.97 Å². The molecule has 1 unspecified atom stereocenters. The van der Waals surface area contributed by atoms with Gasteiger partial charge in [0, 0.05) is 17.4 Å². The molecule has 4 rings (SSSR count). The molecule has 0 spiro atoms. The molecular formula is C26H26N2O3. The van der Waals surface area contributed by atoms with Crippen LogP contribution in [-0.4, -0.2) is 47.8 Å². The molecule has 0 fully saturated rings. The summed E-state index contributed by atoms with van der Waals surface area (Å²) >= 11 is 0. The predicted octanol–water partition coefficient (Wildman–Crippen LogP) is 4.92. The highest BCUT2D eigenvalue weighted by atomic mass is 16.5. The van der Waals surface area contributed by atoms with Gasteiger partial charge in [-0.15, -0.1) is 0 Å². The minimum absolute atomic E-state index is 0.265. The van der Waals surface area contributed by atoms with Gasteiger partial charge in [-0.1, -0.05) is 60.7 Å². The zero-order valence-corrected chi connectivity index (χ0v) is 17.7. The van der Waals surface area contributed by atoms with Crippen molar-refractivity contribution in [3.05, 3.63) is 102 Å². The van der Waals surface area contributed by atoms with E-state index in [-0.39, 0.29) is 11.7 Å². The number of rotatable bonds is 8. The van der Waals surface area contributed by atoms with Crippen LogP contribution in [0.2, 0.25) is 0 Å². The number of aromatic carboxylic acids is 1. The smallest absolute Gasteiger partial charge is 0.352 e. The monoisotopic (exact) mass is 414 g/mol. The van der Waals surface area contributed by atoms with Gasteiger partial charge in [-0.25, -0.2) is 4.79 Å². The van der Waals surface area contributed by atoms with Crippen molar-refractivity contribution in [2.24, 2.45) is 0 Å². The van der Waals surface area contributed by atoms with Crippen molar-refractivity contribution in [1.29, 1.82) is 0 Å². The molecule has 0 saturated heterocycles. The Morgan fingerprint density at radius 1 is 0.935 bits per heavy atom. The van der Waals surface area contributed by atoms with E-state index in [1.165, 1.54) is 0 Å². The minimum Gasteiger partial charge on any atom is -0.492 e. The third-order valence-corrected chi connectivity index (χ3v) is 5.34. The number of hydrogen-bond donors (Lipinski definition) is 1. The average molecular weight is 415 g/mol. The lowest BCUT2D eigenvalue weighted by Gasteiger charge is -2.23. The van der Waals surface area contributed by atoms with Gasteiger partial charge in [-0.3, -0.25) is 0 Å². The molecule has 158 valence electrons. The number of para-hydroxylation sites is 1. The van der Waals surface area contributed by atoms with Gasteiger partial charge in [0.25, 0.3) is 0 Å². The summed E-state index contributed by atoms with van der Waals surface area (Å²) in [5.41, 5.74) is 3.17. The van der Waals surface area contributed by atoms with E-state index in [0.717, 1.165) is 34.3 Å². The molecule has 1 atom stereocenters. The molecule has 0 aliphatic heterocycles. The minimum atomic E-state index is -0.944. The summed E-state index contributed by atoms with van der Waals surface area (Å²) in [6, 6.07) is 27.2. The third kappa shape index (κ3) is 4.47. The average Bonchev–Trinajstić information content (AvgIpc) is 3.15. The highest BCUT2D eigenvalue weighted by Crippen LogP contribution is 2.34. The normalized spacial score (nSPS) is 12.2. The Bertz CT molecular complexity index is 1160. The Hall–Kier alpha value is -3.57. The van der Waals surface area contributed by atoms with Gasteiger partial charge in [0.2, 0.25) is 0 Å². The highest BCUT2D eigenvalue weighted by Gasteiger charge is 2.24. The van der Waals surface area contributed by atoms with Gasteiger partial charge in [-0.2, -0.15) is 0 Å². The van der Waals surface area contributed by atoms with E-state index in [1.54, 1.807) is 6.07 Å². The topological polar surface area (TPSA) is 54.7 Å². The van der Waals surface area contributed by atoms with Gasteiger partial charge < -0.3 is 19.3 Å². The molecule has 1 aromatic heterocycles. The molecule has 5 nitrogen and oxygen atoms in total.